The third-order valence-electron chi connectivity index (χ3n) is 6.62. The van der Waals surface area contributed by atoms with Gasteiger partial charge in [-0.3, -0.25) is 13.9 Å². The van der Waals surface area contributed by atoms with Crippen LogP contribution in [0, 0.1) is 0 Å². The van der Waals surface area contributed by atoms with Crippen molar-refractivity contribution in [1.82, 2.24) is 10.2 Å². The molecule has 0 aromatic heterocycles. The molecule has 1 N–H and O–H groups in total. The number of rotatable bonds is 11. The molecule has 0 aliphatic carbocycles. The van der Waals surface area contributed by atoms with Gasteiger partial charge in [0.2, 0.25) is 11.8 Å². The lowest BCUT2D eigenvalue weighted by Crippen LogP contribution is -2.54. The molecule has 0 aliphatic rings. The minimum atomic E-state index is -4.19. The first-order valence-electron chi connectivity index (χ1n) is 14.1. The van der Waals surface area contributed by atoms with Crippen molar-refractivity contribution >= 4 is 39.1 Å². The van der Waals surface area contributed by atoms with Gasteiger partial charge in [-0.05, 0) is 93.9 Å². The predicted molar refractivity (Wildman–Crippen MR) is 173 cm³/mol. The van der Waals surface area contributed by atoms with Crippen LogP contribution < -0.4 is 14.4 Å². The fourth-order valence-corrected chi connectivity index (χ4v) is 6.09. The number of halogens is 1. The molecule has 0 fully saturated rings. The van der Waals surface area contributed by atoms with Crippen molar-refractivity contribution in [2.75, 3.05) is 10.8 Å². The van der Waals surface area contributed by atoms with Crippen LogP contribution in [-0.2, 0) is 26.2 Å². The smallest absolute Gasteiger partial charge is 0.264 e. The maximum absolute atomic E-state index is 14.1. The van der Waals surface area contributed by atoms with Gasteiger partial charge in [0, 0.05) is 17.1 Å². The monoisotopic (exact) mass is 633 g/mol. The van der Waals surface area contributed by atoms with E-state index in [1.807, 2.05) is 51.1 Å². The van der Waals surface area contributed by atoms with Crippen molar-refractivity contribution in [2.24, 2.45) is 0 Å². The van der Waals surface area contributed by atoms with E-state index in [2.05, 4.69) is 5.32 Å². The van der Waals surface area contributed by atoms with Crippen molar-refractivity contribution in [1.29, 1.82) is 0 Å². The lowest BCUT2D eigenvalue weighted by Gasteiger charge is -2.33. The molecule has 1 atom stereocenters. The fraction of sp³-hybridized carbons (Fsp3) is 0.235. The number of carbonyl (C=O) groups is 2. The van der Waals surface area contributed by atoms with E-state index in [-0.39, 0.29) is 23.0 Å². The molecule has 0 bridgehead atoms. The average molecular weight is 634 g/mol. The maximum Gasteiger partial charge on any atom is 0.264 e. The van der Waals surface area contributed by atoms with Gasteiger partial charge in [0.1, 0.15) is 24.1 Å². The van der Waals surface area contributed by atoms with E-state index in [1.54, 1.807) is 73.7 Å². The van der Waals surface area contributed by atoms with Crippen LogP contribution in [0.5, 0.6) is 11.5 Å². The number of hydrogen-bond acceptors (Lipinski definition) is 5. The van der Waals surface area contributed by atoms with Crippen molar-refractivity contribution in [3.05, 3.63) is 120 Å². The Morgan fingerprint density at radius 2 is 1.43 bits per heavy atom. The molecule has 0 spiro atoms. The number of para-hydroxylation sites is 1. The summed E-state index contributed by atoms with van der Waals surface area (Å²) >= 11 is 6.21. The predicted octanol–water partition coefficient (Wildman–Crippen LogP) is 6.66. The third kappa shape index (κ3) is 8.61. The highest BCUT2D eigenvalue weighted by Crippen LogP contribution is 2.28. The van der Waals surface area contributed by atoms with Crippen LogP contribution in [0.1, 0.15) is 33.3 Å². The first-order valence-corrected chi connectivity index (χ1v) is 15.9. The van der Waals surface area contributed by atoms with Crippen molar-refractivity contribution < 1.29 is 22.7 Å². The molecule has 2 amide bonds. The van der Waals surface area contributed by atoms with Gasteiger partial charge in [0.05, 0.1) is 10.6 Å². The number of benzene rings is 4. The topological polar surface area (TPSA) is 96.0 Å². The Labute approximate surface area is 264 Å². The molecule has 0 saturated heterocycles. The van der Waals surface area contributed by atoms with Crippen molar-refractivity contribution in [2.45, 2.75) is 50.7 Å². The molecule has 4 aromatic carbocycles. The molecular weight excluding hydrogens is 598 g/mol. The summed E-state index contributed by atoms with van der Waals surface area (Å²) in [5, 5.41) is 3.39. The van der Waals surface area contributed by atoms with E-state index in [1.165, 1.54) is 17.0 Å². The summed E-state index contributed by atoms with van der Waals surface area (Å²) in [7, 11) is -4.19. The summed E-state index contributed by atoms with van der Waals surface area (Å²) in [5.74, 6) is 0.195. The summed E-state index contributed by atoms with van der Waals surface area (Å²) in [6.07, 6.45) is 0. The fourth-order valence-electron chi connectivity index (χ4n) is 4.44. The van der Waals surface area contributed by atoms with E-state index in [0.717, 1.165) is 4.31 Å². The molecule has 10 heteroatoms. The lowest BCUT2D eigenvalue weighted by atomic mass is 10.1. The molecule has 4 rings (SSSR count). The number of hydrogen-bond donors (Lipinski definition) is 1. The van der Waals surface area contributed by atoms with Gasteiger partial charge in [0.25, 0.3) is 10.0 Å². The van der Waals surface area contributed by atoms with Crippen LogP contribution in [0.2, 0.25) is 5.02 Å². The number of sulfonamides is 1. The summed E-state index contributed by atoms with van der Waals surface area (Å²) in [6.45, 7) is 6.65. The van der Waals surface area contributed by atoms with Crippen LogP contribution in [0.15, 0.2) is 114 Å². The molecule has 0 aliphatic heterocycles. The Balaban J connectivity index is 1.70. The van der Waals surface area contributed by atoms with Crippen LogP contribution in [0.4, 0.5) is 5.69 Å². The Hall–Kier alpha value is -4.34. The highest BCUT2D eigenvalue weighted by Gasteiger charge is 2.33. The number of carbonyl (C=O) groups excluding carboxylic acids is 2. The Morgan fingerprint density at radius 3 is 2.02 bits per heavy atom. The first kappa shape index (κ1) is 32.6. The minimum absolute atomic E-state index is 0.0253. The van der Waals surface area contributed by atoms with Crippen LogP contribution >= 0.6 is 11.6 Å². The summed E-state index contributed by atoms with van der Waals surface area (Å²) in [5.41, 5.74) is 0.417. The molecular formula is C34H36ClN3O5S. The van der Waals surface area contributed by atoms with E-state index in [9.17, 15) is 18.0 Å². The largest absolute Gasteiger partial charge is 0.457 e. The molecule has 4 aromatic rings. The van der Waals surface area contributed by atoms with Crippen LogP contribution in [-0.4, -0.2) is 43.3 Å². The zero-order valence-electron chi connectivity index (χ0n) is 25.1. The average Bonchev–Trinajstić information content (AvgIpc) is 2.99. The van der Waals surface area contributed by atoms with E-state index >= 15 is 0 Å². The zero-order valence-corrected chi connectivity index (χ0v) is 26.7. The Kier molecular flexibility index (Phi) is 10.3. The summed E-state index contributed by atoms with van der Waals surface area (Å²) < 4.78 is 34.9. The molecule has 0 radical (unpaired) electrons. The molecule has 0 unspecified atom stereocenters. The number of amides is 2. The normalized spacial score (nSPS) is 12.2. The minimum Gasteiger partial charge on any atom is -0.457 e. The zero-order chi connectivity index (χ0) is 31.9. The second-order valence-electron chi connectivity index (χ2n) is 11.3. The highest BCUT2D eigenvalue weighted by molar-refractivity contribution is 7.92. The van der Waals surface area contributed by atoms with Crippen LogP contribution in [0.25, 0.3) is 0 Å². The molecule has 0 heterocycles. The van der Waals surface area contributed by atoms with Gasteiger partial charge in [-0.15, -0.1) is 0 Å². The maximum atomic E-state index is 14.1. The lowest BCUT2D eigenvalue weighted by molar-refractivity contribution is -0.140. The third-order valence-corrected chi connectivity index (χ3v) is 8.64. The van der Waals surface area contributed by atoms with Crippen molar-refractivity contribution in [3.8, 4) is 11.5 Å². The van der Waals surface area contributed by atoms with Crippen LogP contribution in [0.3, 0.4) is 0 Å². The molecule has 8 nitrogen and oxygen atoms in total. The second kappa shape index (κ2) is 14.0. The molecule has 0 saturated carbocycles. The van der Waals surface area contributed by atoms with Gasteiger partial charge in [-0.2, -0.15) is 0 Å². The summed E-state index contributed by atoms with van der Waals surface area (Å²) in [4.78, 5) is 28.7. The standard InChI is InChI=1S/C34H36ClN3O5S/c1-25(33(40)36-34(2,3)4)37(23-26-12-11-13-27(35)22-26)32(39)24-38(44(41,42)31-16-9-6-10-17-31)28-18-20-30(21-19-28)43-29-14-7-5-8-15-29/h5-22,25H,23-24H2,1-4H3,(H,36,40)/t25-/m0/s1. The van der Waals surface area contributed by atoms with Crippen molar-refractivity contribution in [3.63, 3.8) is 0 Å². The first-order chi connectivity index (χ1) is 20.8. The number of nitrogens with one attached hydrogen (secondary N) is 1. The number of anilines is 1. The second-order valence-corrected chi connectivity index (χ2v) is 13.6. The van der Waals surface area contributed by atoms with Gasteiger partial charge >= 0.3 is 0 Å². The Morgan fingerprint density at radius 1 is 0.841 bits per heavy atom. The highest BCUT2D eigenvalue weighted by atomic mass is 35.5. The molecule has 44 heavy (non-hydrogen) atoms. The van der Waals surface area contributed by atoms with E-state index in [4.69, 9.17) is 16.3 Å². The Bertz CT molecular complexity index is 1680. The summed E-state index contributed by atoms with van der Waals surface area (Å²) in [6, 6.07) is 29.6. The molecule has 230 valence electrons. The quantitative estimate of drug-likeness (QED) is 0.199. The number of ether oxygens (including phenoxy) is 1. The van der Waals surface area contributed by atoms with E-state index in [0.29, 0.717) is 22.1 Å². The van der Waals surface area contributed by atoms with Gasteiger partial charge in [0.15, 0.2) is 0 Å². The van der Waals surface area contributed by atoms with Gasteiger partial charge in [-0.1, -0.05) is 60.1 Å². The number of nitrogens with zero attached hydrogens (tertiary/aromatic N) is 2. The van der Waals surface area contributed by atoms with Gasteiger partial charge < -0.3 is 15.0 Å². The van der Waals surface area contributed by atoms with Gasteiger partial charge in [-0.25, -0.2) is 8.42 Å². The SMILES string of the molecule is C[C@@H](C(=O)NC(C)(C)C)N(Cc1cccc(Cl)c1)C(=O)CN(c1ccc(Oc2ccccc2)cc1)S(=O)(=O)c1ccccc1. The van der Waals surface area contributed by atoms with E-state index < -0.39 is 34.1 Å².